The van der Waals surface area contributed by atoms with Crippen LogP contribution in [0.3, 0.4) is 0 Å². The van der Waals surface area contributed by atoms with Gasteiger partial charge in [0.2, 0.25) is 5.91 Å². The van der Waals surface area contributed by atoms with Crippen molar-refractivity contribution in [3.05, 3.63) is 29.7 Å². The highest BCUT2D eigenvalue weighted by Gasteiger charge is 2.38. The van der Waals surface area contributed by atoms with E-state index in [0.717, 1.165) is 0 Å². The smallest absolute Gasteiger partial charge is 0.267 e. The van der Waals surface area contributed by atoms with Gasteiger partial charge in [-0.15, -0.1) is 0 Å². The molecule has 0 unspecified atom stereocenters. The largest absolute Gasteiger partial charge is 0.490 e. The second-order valence-corrected chi connectivity index (χ2v) is 10.0. The summed E-state index contributed by atoms with van der Waals surface area (Å²) in [6.07, 6.45) is 0. The molecule has 1 N–H and O–H groups in total. The molecule has 2 heterocycles. The van der Waals surface area contributed by atoms with Crippen molar-refractivity contribution in [3.8, 4) is 5.75 Å². The molecule has 29 heavy (non-hydrogen) atoms. The van der Waals surface area contributed by atoms with Crippen LogP contribution in [0.25, 0.3) is 0 Å². The third-order valence-electron chi connectivity index (χ3n) is 4.70. The van der Waals surface area contributed by atoms with Crippen LogP contribution < -0.4 is 14.4 Å². The molecule has 2 aromatic rings. The Morgan fingerprint density at radius 1 is 1.28 bits per heavy atom. The van der Waals surface area contributed by atoms with Crippen LogP contribution in [0.5, 0.6) is 5.75 Å². The summed E-state index contributed by atoms with van der Waals surface area (Å²) in [5, 5.41) is 3.71. The maximum absolute atomic E-state index is 13.0. The molecule has 0 bridgehead atoms. The monoisotopic (exact) mass is 421 g/mol. The minimum atomic E-state index is -3.88. The van der Waals surface area contributed by atoms with Crippen molar-refractivity contribution >= 4 is 27.3 Å². The van der Waals surface area contributed by atoms with Gasteiger partial charge in [-0.05, 0) is 45.7 Å². The number of rotatable bonds is 5. The van der Waals surface area contributed by atoms with Gasteiger partial charge in [-0.1, -0.05) is 19.0 Å². The molecule has 1 aliphatic heterocycles. The highest BCUT2D eigenvalue weighted by Crippen LogP contribution is 2.39. The molecular weight excluding hydrogens is 394 g/mol. The van der Waals surface area contributed by atoms with Crippen molar-refractivity contribution in [2.45, 2.75) is 46.4 Å². The molecule has 0 fully saturated rings. The van der Waals surface area contributed by atoms with Gasteiger partial charge in [-0.2, -0.15) is 0 Å². The van der Waals surface area contributed by atoms with Crippen LogP contribution in [0.1, 0.15) is 39.1 Å². The summed E-state index contributed by atoms with van der Waals surface area (Å²) in [5.41, 5.74) is 0.566. The standard InChI is InChI=1S/C20H27N3O5S/c1-12(2)10-23-16-8-7-15(9-17(16)27-11-20(5,6)19(23)24)22-29(25,26)18-13(3)21-28-14(18)4/h7-9,12,22H,10-11H2,1-6H3. The number of hydrogen-bond donors (Lipinski definition) is 1. The van der Waals surface area contributed by atoms with Gasteiger partial charge in [-0.3, -0.25) is 9.52 Å². The zero-order valence-corrected chi connectivity index (χ0v) is 18.4. The van der Waals surface area contributed by atoms with Crippen molar-refractivity contribution in [2.75, 3.05) is 22.8 Å². The molecule has 0 atom stereocenters. The fourth-order valence-electron chi connectivity index (χ4n) is 3.32. The predicted octanol–water partition coefficient (Wildman–Crippen LogP) is 3.50. The Balaban J connectivity index is 1.99. The van der Waals surface area contributed by atoms with Crippen molar-refractivity contribution in [1.82, 2.24) is 5.16 Å². The highest BCUT2D eigenvalue weighted by molar-refractivity contribution is 7.92. The molecule has 0 saturated carbocycles. The number of amides is 1. The van der Waals surface area contributed by atoms with Gasteiger partial charge in [0.05, 0.1) is 16.8 Å². The van der Waals surface area contributed by atoms with Crippen LogP contribution in [0.2, 0.25) is 0 Å². The summed E-state index contributed by atoms with van der Waals surface area (Å²) >= 11 is 0. The molecule has 1 aromatic carbocycles. The molecule has 3 rings (SSSR count). The molecule has 0 saturated heterocycles. The van der Waals surface area contributed by atoms with Crippen molar-refractivity contribution < 1.29 is 22.5 Å². The quantitative estimate of drug-likeness (QED) is 0.793. The van der Waals surface area contributed by atoms with E-state index in [4.69, 9.17) is 9.26 Å². The van der Waals surface area contributed by atoms with E-state index >= 15 is 0 Å². The first-order valence-corrected chi connectivity index (χ1v) is 10.9. The number of aryl methyl sites for hydroxylation is 2. The minimum absolute atomic E-state index is 0.0194. The van der Waals surface area contributed by atoms with E-state index in [1.54, 1.807) is 36.9 Å². The van der Waals surface area contributed by atoms with E-state index in [-0.39, 0.29) is 34.8 Å². The normalized spacial score (nSPS) is 16.4. The summed E-state index contributed by atoms with van der Waals surface area (Å²) in [6.45, 7) is 11.6. The maximum Gasteiger partial charge on any atom is 0.267 e. The third-order valence-corrected chi connectivity index (χ3v) is 6.32. The number of aromatic nitrogens is 1. The van der Waals surface area contributed by atoms with Crippen LogP contribution in [-0.2, 0) is 14.8 Å². The van der Waals surface area contributed by atoms with Gasteiger partial charge in [0.25, 0.3) is 10.0 Å². The third kappa shape index (κ3) is 4.10. The summed E-state index contributed by atoms with van der Waals surface area (Å²) < 4.78 is 39.0. The van der Waals surface area contributed by atoms with Crippen molar-refractivity contribution in [3.63, 3.8) is 0 Å². The minimum Gasteiger partial charge on any atom is -0.490 e. The van der Waals surface area contributed by atoms with Gasteiger partial charge in [0, 0.05) is 12.6 Å². The van der Waals surface area contributed by atoms with Gasteiger partial charge in [0.1, 0.15) is 18.1 Å². The van der Waals surface area contributed by atoms with E-state index in [2.05, 4.69) is 9.88 Å². The lowest BCUT2D eigenvalue weighted by atomic mass is 9.92. The van der Waals surface area contributed by atoms with Crippen LogP contribution in [0, 0.1) is 25.2 Å². The molecule has 158 valence electrons. The molecular formula is C20H27N3O5S. The van der Waals surface area contributed by atoms with Crippen molar-refractivity contribution in [1.29, 1.82) is 0 Å². The Kier molecular flexibility index (Phi) is 5.38. The topological polar surface area (TPSA) is 102 Å². The second kappa shape index (κ2) is 7.37. The summed E-state index contributed by atoms with van der Waals surface area (Å²) in [6, 6.07) is 4.94. The Bertz CT molecular complexity index is 1020. The number of anilines is 2. The summed E-state index contributed by atoms with van der Waals surface area (Å²) in [7, 11) is -3.88. The van der Waals surface area contributed by atoms with Gasteiger partial charge >= 0.3 is 0 Å². The first-order chi connectivity index (χ1) is 13.4. The molecule has 0 aliphatic carbocycles. The van der Waals surface area contributed by atoms with E-state index < -0.39 is 15.4 Å². The Labute approximate surface area is 171 Å². The fraction of sp³-hybridized carbons (Fsp3) is 0.500. The first-order valence-electron chi connectivity index (χ1n) is 9.47. The van der Waals surface area contributed by atoms with E-state index in [0.29, 0.717) is 23.7 Å². The average Bonchev–Trinajstić information content (AvgIpc) is 2.92. The lowest BCUT2D eigenvalue weighted by Crippen LogP contribution is -2.43. The molecule has 8 nitrogen and oxygen atoms in total. The Morgan fingerprint density at radius 3 is 2.55 bits per heavy atom. The van der Waals surface area contributed by atoms with Gasteiger partial charge in [0.15, 0.2) is 10.7 Å². The van der Waals surface area contributed by atoms with E-state index in [9.17, 15) is 13.2 Å². The second-order valence-electron chi connectivity index (χ2n) is 8.42. The van der Waals surface area contributed by atoms with Gasteiger partial charge < -0.3 is 14.2 Å². The number of nitrogens with zero attached hydrogens (tertiary/aromatic N) is 2. The van der Waals surface area contributed by atoms with E-state index in [1.165, 1.54) is 0 Å². The number of carbonyl (C=O) groups excluding carboxylic acids is 1. The number of carbonyl (C=O) groups is 1. The Morgan fingerprint density at radius 2 is 1.97 bits per heavy atom. The number of hydrogen-bond acceptors (Lipinski definition) is 6. The number of sulfonamides is 1. The van der Waals surface area contributed by atoms with Crippen LogP contribution in [0.4, 0.5) is 11.4 Å². The van der Waals surface area contributed by atoms with E-state index in [1.807, 2.05) is 27.7 Å². The number of fused-ring (bicyclic) bond motifs is 1. The molecule has 0 radical (unpaired) electrons. The average molecular weight is 422 g/mol. The highest BCUT2D eigenvalue weighted by atomic mass is 32.2. The summed E-state index contributed by atoms with van der Waals surface area (Å²) in [5.74, 6) is 0.924. The molecule has 0 spiro atoms. The number of nitrogens with one attached hydrogen (secondary N) is 1. The van der Waals surface area contributed by atoms with Crippen LogP contribution >= 0.6 is 0 Å². The molecule has 1 aliphatic rings. The number of ether oxygens (including phenoxy) is 1. The number of benzene rings is 1. The van der Waals surface area contributed by atoms with Crippen LogP contribution in [0.15, 0.2) is 27.6 Å². The van der Waals surface area contributed by atoms with Gasteiger partial charge in [-0.25, -0.2) is 8.42 Å². The zero-order valence-electron chi connectivity index (χ0n) is 17.6. The maximum atomic E-state index is 13.0. The molecule has 1 amide bonds. The first kappa shape index (κ1) is 21.2. The SMILES string of the molecule is Cc1noc(C)c1S(=O)(=O)Nc1ccc2c(c1)OCC(C)(C)C(=O)N2CC(C)C. The van der Waals surface area contributed by atoms with Crippen molar-refractivity contribution in [2.24, 2.45) is 11.3 Å². The lowest BCUT2D eigenvalue weighted by Gasteiger charge is -2.29. The molecule has 9 heteroatoms. The van der Waals surface area contributed by atoms with Crippen LogP contribution in [-0.4, -0.2) is 32.6 Å². The predicted molar refractivity (Wildman–Crippen MR) is 110 cm³/mol. The Hall–Kier alpha value is -2.55. The summed E-state index contributed by atoms with van der Waals surface area (Å²) in [4.78, 5) is 14.8. The lowest BCUT2D eigenvalue weighted by molar-refractivity contribution is -0.127. The zero-order chi connectivity index (χ0) is 21.6. The fourth-order valence-corrected chi connectivity index (χ4v) is 4.70. The molecule has 1 aromatic heterocycles.